The Kier molecular flexibility index (Phi) is 3.70. The summed E-state index contributed by atoms with van der Waals surface area (Å²) in [5, 5.41) is 0. The summed E-state index contributed by atoms with van der Waals surface area (Å²) in [5.74, 6) is 0.916. The van der Waals surface area contributed by atoms with E-state index in [-0.39, 0.29) is 6.04 Å². The zero-order valence-electron chi connectivity index (χ0n) is 11.8. The van der Waals surface area contributed by atoms with Crippen molar-refractivity contribution in [2.45, 2.75) is 38.8 Å². The predicted molar refractivity (Wildman–Crippen MR) is 79.6 cm³/mol. The Morgan fingerprint density at radius 1 is 1.30 bits per heavy atom. The summed E-state index contributed by atoms with van der Waals surface area (Å²) in [6.07, 6.45) is 7.05. The SMILES string of the molecule is Cc1cncc(COc2ccc3c(c2)CCCC3N)c1. The van der Waals surface area contributed by atoms with E-state index < -0.39 is 0 Å². The van der Waals surface area contributed by atoms with E-state index >= 15 is 0 Å². The molecule has 0 saturated heterocycles. The van der Waals surface area contributed by atoms with Crippen molar-refractivity contribution < 1.29 is 4.74 Å². The number of pyridine rings is 1. The smallest absolute Gasteiger partial charge is 0.120 e. The normalized spacial score (nSPS) is 17.6. The molecule has 2 N–H and O–H groups in total. The summed E-state index contributed by atoms with van der Waals surface area (Å²) in [6.45, 7) is 2.59. The average molecular weight is 268 g/mol. The topological polar surface area (TPSA) is 48.1 Å². The van der Waals surface area contributed by atoms with Crippen molar-refractivity contribution in [2.75, 3.05) is 0 Å². The van der Waals surface area contributed by atoms with Crippen LogP contribution in [0.3, 0.4) is 0 Å². The average Bonchev–Trinajstić information content (AvgIpc) is 2.45. The fourth-order valence-electron chi connectivity index (χ4n) is 2.78. The highest BCUT2D eigenvalue weighted by Gasteiger charge is 2.16. The second-order valence-electron chi connectivity index (χ2n) is 5.52. The van der Waals surface area contributed by atoms with Gasteiger partial charge in [0.2, 0.25) is 0 Å². The Balaban J connectivity index is 1.72. The van der Waals surface area contributed by atoms with Crippen LogP contribution in [0.5, 0.6) is 5.75 Å². The largest absolute Gasteiger partial charge is 0.489 e. The number of fused-ring (bicyclic) bond motifs is 1. The number of aromatic nitrogens is 1. The Morgan fingerprint density at radius 2 is 2.20 bits per heavy atom. The van der Waals surface area contributed by atoms with Gasteiger partial charge in [-0.05, 0) is 61.1 Å². The number of rotatable bonds is 3. The van der Waals surface area contributed by atoms with Gasteiger partial charge in [-0.1, -0.05) is 6.07 Å². The van der Waals surface area contributed by atoms with E-state index in [0.29, 0.717) is 6.61 Å². The molecule has 0 amide bonds. The van der Waals surface area contributed by atoms with Gasteiger partial charge in [0.15, 0.2) is 0 Å². The highest BCUT2D eigenvalue weighted by atomic mass is 16.5. The van der Waals surface area contributed by atoms with E-state index in [2.05, 4.69) is 23.2 Å². The molecule has 1 heterocycles. The molecule has 0 radical (unpaired) electrons. The van der Waals surface area contributed by atoms with Crippen molar-refractivity contribution in [3.8, 4) is 5.75 Å². The minimum atomic E-state index is 0.189. The van der Waals surface area contributed by atoms with Crippen LogP contribution in [-0.2, 0) is 13.0 Å². The molecule has 0 bridgehead atoms. The predicted octanol–water partition coefficient (Wildman–Crippen LogP) is 3.31. The Hall–Kier alpha value is -1.87. The summed E-state index contributed by atoms with van der Waals surface area (Å²) in [5.41, 5.74) is 11.0. The number of ether oxygens (including phenoxy) is 1. The molecule has 1 atom stereocenters. The Bertz CT molecular complexity index is 610. The minimum Gasteiger partial charge on any atom is -0.489 e. The lowest BCUT2D eigenvalue weighted by Crippen LogP contribution is -2.17. The molecular weight excluding hydrogens is 248 g/mol. The van der Waals surface area contributed by atoms with Crippen molar-refractivity contribution in [1.82, 2.24) is 4.98 Å². The molecule has 0 aliphatic heterocycles. The van der Waals surface area contributed by atoms with Crippen LogP contribution >= 0.6 is 0 Å². The summed E-state index contributed by atoms with van der Waals surface area (Å²) < 4.78 is 5.87. The van der Waals surface area contributed by atoms with Crippen molar-refractivity contribution in [2.24, 2.45) is 5.73 Å². The van der Waals surface area contributed by atoms with Crippen LogP contribution in [-0.4, -0.2) is 4.98 Å². The lowest BCUT2D eigenvalue weighted by molar-refractivity contribution is 0.305. The number of hydrogen-bond acceptors (Lipinski definition) is 3. The first-order valence-electron chi connectivity index (χ1n) is 7.14. The van der Waals surface area contributed by atoms with Crippen molar-refractivity contribution >= 4 is 0 Å². The monoisotopic (exact) mass is 268 g/mol. The zero-order chi connectivity index (χ0) is 13.9. The van der Waals surface area contributed by atoms with Crippen molar-refractivity contribution in [1.29, 1.82) is 0 Å². The molecule has 1 aliphatic carbocycles. The van der Waals surface area contributed by atoms with Gasteiger partial charge < -0.3 is 10.5 Å². The Labute approximate surface area is 119 Å². The zero-order valence-corrected chi connectivity index (χ0v) is 11.8. The van der Waals surface area contributed by atoms with Gasteiger partial charge in [0, 0.05) is 24.0 Å². The first-order valence-corrected chi connectivity index (χ1v) is 7.14. The second kappa shape index (κ2) is 5.63. The van der Waals surface area contributed by atoms with E-state index in [0.717, 1.165) is 29.7 Å². The van der Waals surface area contributed by atoms with Gasteiger partial charge in [-0.3, -0.25) is 4.98 Å². The van der Waals surface area contributed by atoms with Crippen molar-refractivity contribution in [3.63, 3.8) is 0 Å². The molecule has 0 spiro atoms. The number of nitrogens with two attached hydrogens (primary N) is 1. The van der Waals surface area contributed by atoms with Crippen LogP contribution in [0.25, 0.3) is 0 Å². The summed E-state index contributed by atoms with van der Waals surface area (Å²) in [4.78, 5) is 4.18. The van der Waals surface area contributed by atoms with Crippen molar-refractivity contribution in [3.05, 3.63) is 58.9 Å². The number of aryl methyl sites for hydroxylation is 2. The fourth-order valence-corrected chi connectivity index (χ4v) is 2.78. The van der Waals surface area contributed by atoms with Crippen LogP contribution in [0.1, 0.15) is 41.1 Å². The second-order valence-corrected chi connectivity index (χ2v) is 5.52. The quantitative estimate of drug-likeness (QED) is 0.929. The van der Waals surface area contributed by atoms with Crippen LogP contribution < -0.4 is 10.5 Å². The molecule has 20 heavy (non-hydrogen) atoms. The van der Waals surface area contributed by atoms with Crippen LogP contribution in [0.4, 0.5) is 0 Å². The lowest BCUT2D eigenvalue weighted by Gasteiger charge is -2.22. The van der Waals surface area contributed by atoms with Gasteiger partial charge in [0.25, 0.3) is 0 Å². The molecule has 104 valence electrons. The molecule has 3 nitrogen and oxygen atoms in total. The highest BCUT2D eigenvalue weighted by molar-refractivity contribution is 5.39. The van der Waals surface area contributed by atoms with E-state index in [9.17, 15) is 0 Å². The maximum Gasteiger partial charge on any atom is 0.120 e. The third kappa shape index (κ3) is 2.83. The van der Waals surface area contributed by atoms with Gasteiger partial charge >= 0.3 is 0 Å². The highest BCUT2D eigenvalue weighted by Crippen LogP contribution is 2.30. The third-order valence-corrected chi connectivity index (χ3v) is 3.81. The van der Waals surface area contributed by atoms with Gasteiger partial charge in [0.1, 0.15) is 12.4 Å². The summed E-state index contributed by atoms with van der Waals surface area (Å²) in [6, 6.07) is 8.56. The fraction of sp³-hybridized carbons (Fsp3) is 0.353. The Morgan fingerprint density at radius 3 is 3.05 bits per heavy atom. The van der Waals surface area contributed by atoms with Gasteiger partial charge in [-0.25, -0.2) is 0 Å². The molecule has 1 unspecified atom stereocenters. The molecule has 3 rings (SSSR count). The summed E-state index contributed by atoms with van der Waals surface area (Å²) >= 11 is 0. The van der Waals surface area contributed by atoms with Crippen LogP contribution in [0.2, 0.25) is 0 Å². The lowest BCUT2D eigenvalue weighted by atomic mass is 9.88. The van der Waals surface area contributed by atoms with E-state index in [1.165, 1.54) is 17.5 Å². The molecular formula is C17H20N2O. The minimum absolute atomic E-state index is 0.189. The van der Waals surface area contributed by atoms with Gasteiger partial charge in [0.05, 0.1) is 0 Å². The summed E-state index contributed by atoms with van der Waals surface area (Å²) in [7, 11) is 0. The van der Waals surface area contributed by atoms with E-state index in [1.807, 2.05) is 25.4 Å². The van der Waals surface area contributed by atoms with E-state index in [1.54, 1.807) is 0 Å². The van der Waals surface area contributed by atoms with Gasteiger partial charge in [-0.15, -0.1) is 0 Å². The van der Waals surface area contributed by atoms with Gasteiger partial charge in [-0.2, -0.15) is 0 Å². The van der Waals surface area contributed by atoms with Crippen LogP contribution in [0.15, 0.2) is 36.7 Å². The standard InChI is InChI=1S/C17H20N2O/c1-12-7-13(10-19-9-12)11-20-15-5-6-16-14(8-15)3-2-4-17(16)18/h5-10,17H,2-4,11,18H2,1H3. The maximum atomic E-state index is 6.13. The first-order chi connectivity index (χ1) is 9.72. The molecule has 0 saturated carbocycles. The molecule has 2 aromatic rings. The van der Waals surface area contributed by atoms with E-state index in [4.69, 9.17) is 10.5 Å². The molecule has 1 aromatic carbocycles. The number of benzene rings is 1. The number of hydrogen-bond donors (Lipinski definition) is 1. The molecule has 3 heteroatoms. The third-order valence-electron chi connectivity index (χ3n) is 3.81. The first kappa shape index (κ1) is 13.1. The molecule has 1 aliphatic rings. The maximum absolute atomic E-state index is 6.13. The van der Waals surface area contributed by atoms with Crippen LogP contribution in [0, 0.1) is 6.92 Å². The number of nitrogens with zero attached hydrogens (tertiary/aromatic N) is 1. The molecule has 1 aromatic heterocycles. The molecule has 0 fully saturated rings.